The van der Waals surface area contributed by atoms with Gasteiger partial charge in [0.15, 0.2) is 0 Å². The van der Waals surface area contributed by atoms with Crippen molar-refractivity contribution in [1.82, 2.24) is 5.32 Å². The average molecular weight is 235 g/mol. The summed E-state index contributed by atoms with van der Waals surface area (Å²) in [5, 5.41) is 6.04. The zero-order chi connectivity index (χ0) is 12.8. The van der Waals surface area contributed by atoms with Crippen LogP contribution in [0.3, 0.4) is 0 Å². The van der Waals surface area contributed by atoms with Gasteiger partial charge in [0.25, 0.3) is 0 Å². The molecule has 0 spiro atoms. The van der Waals surface area contributed by atoms with Crippen molar-refractivity contribution in [1.29, 1.82) is 0 Å². The van der Waals surface area contributed by atoms with Gasteiger partial charge in [0.05, 0.1) is 0 Å². The summed E-state index contributed by atoms with van der Waals surface area (Å²) in [4.78, 5) is 10.7. The maximum absolute atomic E-state index is 10.7. The number of benzene rings is 1. The normalized spacial score (nSPS) is 14.1. The van der Waals surface area contributed by atoms with Crippen LogP contribution in [-0.2, 0) is 0 Å². The highest BCUT2D eigenvalue weighted by atomic mass is 16.2. The largest absolute Gasteiger partial charge is 0.351 e. The topological polar surface area (TPSA) is 67.2 Å². The summed E-state index contributed by atoms with van der Waals surface area (Å²) in [7, 11) is 0. The second-order valence-electron chi connectivity index (χ2n) is 4.31. The van der Waals surface area contributed by atoms with E-state index in [-0.39, 0.29) is 0 Å². The Balaban J connectivity index is 2.63. The molecule has 2 atom stereocenters. The van der Waals surface area contributed by atoms with E-state index in [1.54, 1.807) is 0 Å². The van der Waals surface area contributed by atoms with Crippen molar-refractivity contribution in [2.24, 2.45) is 5.73 Å². The van der Waals surface area contributed by atoms with E-state index in [4.69, 9.17) is 5.73 Å². The molecule has 1 aromatic rings. The van der Waals surface area contributed by atoms with Crippen LogP contribution in [0.2, 0.25) is 0 Å². The molecule has 94 valence electrons. The smallest absolute Gasteiger partial charge is 0.316 e. The predicted molar refractivity (Wildman–Crippen MR) is 71.0 cm³/mol. The lowest BCUT2D eigenvalue weighted by Gasteiger charge is -2.19. The molecule has 0 aromatic heterocycles. The average Bonchev–Trinajstić information content (AvgIpc) is 2.28. The second kappa shape index (κ2) is 6.25. The molecule has 0 fully saturated rings. The lowest BCUT2D eigenvalue weighted by atomic mass is 10.1. The number of hydrogen-bond donors (Lipinski definition) is 3. The van der Waals surface area contributed by atoms with E-state index in [0.29, 0.717) is 12.1 Å². The van der Waals surface area contributed by atoms with E-state index in [0.717, 1.165) is 12.1 Å². The molecule has 0 radical (unpaired) electrons. The number of nitrogens with one attached hydrogen (secondary N) is 2. The molecule has 0 saturated heterocycles. The van der Waals surface area contributed by atoms with Crippen molar-refractivity contribution in [2.45, 2.75) is 39.3 Å². The molecule has 0 aliphatic carbocycles. The molecule has 4 heteroatoms. The van der Waals surface area contributed by atoms with Crippen molar-refractivity contribution in [3.05, 3.63) is 29.8 Å². The molecule has 2 unspecified atom stereocenters. The van der Waals surface area contributed by atoms with Crippen LogP contribution in [0.4, 0.5) is 10.5 Å². The molecule has 0 saturated carbocycles. The SMILES string of the molecule is CCC(C)NC(C)c1ccc(NC(N)=O)cc1. The van der Waals surface area contributed by atoms with Gasteiger partial charge in [-0.1, -0.05) is 19.1 Å². The first-order chi connectivity index (χ1) is 8.02. The number of rotatable bonds is 5. The second-order valence-corrected chi connectivity index (χ2v) is 4.31. The van der Waals surface area contributed by atoms with Crippen molar-refractivity contribution >= 4 is 11.7 Å². The fourth-order valence-electron chi connectivity index (χ4n) is 1.64. The fraction of sp³-hybridized carbons (Fsp3) is 0.462. The van der Waals surface area contributed by atoms with Gasteiger partial charge >= 0.3 is 6.03 Å². The molecule has 0 aliphatic heterocycles. The van der Waals surface area contributed by atoms with Crippen LogP contribution in [0.5, 0.6) is 0 Å². The highest BCUT2D eigenvalue weighted by Gasteiger charge is 2.07. The Labute approximate surface area is 103 Å². The Kier molecular flexibility index (Phi) is 4.97. The Morgan fingerprint density at radius 1 is 1.29 bits per heavy atom. The standard InChI is InChI=1S/C13H21N3O/c1-4-9(2)15-10(3)11-5-7-12(8-6-11)16-13(14)17/h5-10,15H,4H2,1-3H3,(H3,14,16,17). The monoisotopic (exact) mass is 235 g/mol. The van der Waals surface area contributed by atoms with Crippen LogP contribution < -0.4 is 16.4 Å². The van der Waals surface area contributed by atoms with Gasteiger partial charge in [-0.05, 0) is 38.0 Å². The van der Waals surface area contributed by atoms with Crippen LogP contribution in [0, 0.1) is 0 Å². The lowest BCUT2D eigenvalue weighted by Crippen LogP contribution is -2.28. The Morgan fingerprint density at radius 2 is 1.88 bits per heavy atom. The molecule has 4 nitrogen and oxygen atoms in total. The van der Waals surface area contributed by atoms with Crippen LogP contribution in [-0.4, -0.2) is 12.1 Å². The number of carbonyl (C=O) groups is 1. The molecular formula is C13H21N3O. The quantitative estimate of drug-likeness (QED) is 0.734. The van der Waals surface area contributed by atoms with E-state index >= 15 is 0 Å². The zero-order valence-corrected chi connectivity index (χ0v) is 10.7. The van der Waals surface area contributed by atoms with E-state index in [9.17, 15) is 4.79 Å². The number of carbonyl (C=O) groups excluding carboxylic acids is 1. The molecule has 0 bridgehead atoms. The minimum atomic E-state index is -0.538. The van der Waals surface area contributed by atoms with Gasteiger partial charge in [-0.15, -0.1) is 0 Å². The minimum Gasteiger partial charge on any atom is -0.351 e. The zero-order valence-electron chi connectivity index (χ0n) is 10.7. The van der Waals surface area contributed by atoms with E-state index in [1.165, 1.54) is 5.56 Å². The Hall–Kier alpha value is -1.55. The van der Waals surface area contributed by atoms with Gasteiger partial charge in [0.1, 0.15) is 0 Å². The van der Waals surface area contributed by atoms with Crippen LogP contribution in [0.15, 0.2) is 24.3 Å². The summed E-state index contributed by atoms with van der Waals surface area (Å²) < 4.78 is 0. The number of urea groups is 1. The van der Waals surface area contributed by atoms with Gasteiger partial charge in [0, 0.05) is 17.8 Å². The van der Waals surface area contributed by atoms with Crippen LogP contribution in [0.25, 0.3) is 0 Å². The third-order valence-corrected chi connectivity index (χ3v) is 2.83. The van der Waals surface area contributed by atoms with Gasteiger partial charge in [-0.25, -0.2) is 4.79 Å². The number of hydrogen-bond acceptors (Lipinski definition) is 2. The van der Waals surface area contributed by atoms with Gasteiger partial charge in [-0.3, -0.25) is 0 Å². The number of anilines is 1. The van der Waals surface area contributed by atoms with Crippen LogP contribution in [0.1, 0.15) is 38.8 Å². The molecule has 0 aliphatic rings. The molecule has 17 heavy (non-hydrogen) atoms. The maximum atomic E-state index is 10.7. The van der Waals surface area contributed by atoms with Crippen molar-refractivity contribution < 1.29 is 4.79 Å². The number of amides is 2. The first-order valence-electron chi connectivity index (χ1n) is 5.95. The predicted octanol–water partition coefficient (Wildman–Crippen LogP) is 2.63. The summed E-state index contributed by atoms with van der Waals surface area (Å²) in [5.74, 6) is 0. The van der Waals surface area contributed by atoms with Crippen molar-refractivity contribution in [3.8, 4) is 0 Å². The molecule has 1 rings (SSSR count). The van der Waals surface area contributed by atoms with Gasteiger partial charge < -0.3 is 16.4 Å². The van der Waals surface area contributed by atoms with Gasteiger partial charge in [0.2, 0.25) is 0 Å². The summed E-state index contributed by atoms with van der Waals surface area (Å²) >= 11 is 0. The molecule has 1 aromatic carbocycles. The fourth-order valence-corrected chi connectivity index (χ4v) is 1.64. The van der Waals surface area contributed by atoms with Crippen molar-refractivity contribution in [2.75, 3.05) is 5.32 Å². The van der Waals surface area contributed by atoms with E-state index < -0.39 is 6.03 Å². The first-order valence-corrected chi connectivity index (χ1v) is 5.95. The molecular weight excluding hydrogens is 214 g/mol. The Bertz CT molecular complexity index is 361. The minimum absolute atomic E-state index is 0.299. The molecule has 4 N–H and O–H groups in total. The lowest BCUT2D eigenvalue weighted by molar-refractivity contribution is 0.259. The van der Waals surface area contributed by atoms with Crippen LogP contribution >= 0.6 is 0 Å². The van der Waals surface area contributed by atoms with Crippen molar-refractivity contribution in [3.63, 3.8) is 0 Å². The summed E-state index contributed by atoms with van der Waals surface area (Å²) in [5.41, 5.74) is 6.96. The van der Waals surface area contributed by atoms with E-state index in [1.807, 2.05) is 24.3 Å². The summed E-state index contributed by atoms with van der Waals surface area (Å²) in [6.07, 6.45) is 1.10. The number of nitrogens with two attached hydrogens (primary N) is 1. The third kappa shape index (κ3) is 4.44. The maximum Gasteiger partial charge on any atom is 0.316 e. The molecule has 0 heterocycles. The summed E-state index contributed by atoms with van der Waals surface area (Å²) in [6.45, 7) is 6.45. The Morgan fingerprint density at radius 3 is 2.35 bits per heavy atom. The number of primary amides is 1. The third-order valence-electron chi connectivity index (χ3n) is 2.83. The molecule has 2 amide bonds. The highest BCUT2D eigenvalue weighted by molar-refractivity contribution is 5.87. The first kappa shape index (κ1) is 13.5. The van der Waals surface area contributed by atoms with Gasteiger partial charge in [-0.2, -0.15) is 0 Å². The van der Waals surface area contributed by atoms with E-state index in [2.05, 4.69) is 31.4 Å². The highest BCUT2D eigenvalue weighted by Crippen LogP contribution is 2.16. The summed E-state index contributed by atoms with van der Waals surface area (Å²) in [6, 6.07) is 7.95.